The average molecular weight is 617 g/mol. The Bertz CT molecular complexity index is 1420. The van der Waals surface area contributed by atoms with Gasteiger partial charge in [-0.05, 0) is 37.3 Å². The Kier molecular flexibility index (Phi) is 6.21. The van der Waals surface area contributed by atoms with Crippen molar-refractivity contribution in [3.05, 3.63) is 24.2 Å². The predicted octanol–water partition coefficient (Wildman–Crippen LogP) is 2.04. The normalized spacial score (nSPS) is 51.6. The van der Waals surface area contributed by atoms with Gasteiger partial charge in [-0.1, -0.05) is 13.8 Å². The molecule has 12 heteroatoms. The van der Waals surface area contributed by atoms with E-state index in [1.165, 1.54) is 20.8 Å². The van der Waals surface area contributed by atoms with Gasteiger partial charge in [-0.15, -0.1) is 0 Å². The Labute approximate surface area is 254 Å². The van der Waals surface area contributed by atoms with Gasteiger partial charge in [0.05, 0.1) is 48.3 Å². The number of ether oxygens (including phenoxy) is 5. The van der Waals surface area contributed by atoms with Crippen LogP contribution in [0.25, 0.3) is 0 Å². The summed E-state index contributed by atoms with van der Waals surface area (Å²) in [5.41, 5.74) is -5.09. The number of fused-ring (bicyclic) bond motifs is 1. The molecule has 1 spiro atoms. The van der Waals surface area contributed by atoms with Gasteiger partial charge in [-0.25, -0.2) is 0 Å². The molecular weight excluding hydrogens is 576 g/mol. The minimum absolute atomic E-state index is 0.0475. The van der Waals surface area contributed by atoms with E-state index in [0.29, 0.717) is 6.42 Å². The average Bonchev–Trinajstić information content (AvgIpc) is 3.29. The maximum atomic E-state index is 15.2. The molecule has 44 heavy (non-hydrogen) atoms. The number of aliphatic hydroxyl groups is 2. The van der Waals surface area contributed by atoms with E-state index in [-0.39, 0.29) is 31.5 Å². The molecule has 240 valence electrons. The Balaban J connectivity index is 1.43. The predicted molar refractivity (Wildman–Crippen MR) is 146 cm³/mol. The number of hydrogen-bond acceptors (Lipinski definition) is 12. The van der Waals surface area contributed by atoms with E-state index in [1.54, 1.807) is 19.5 Å². The van der Waals surface area contributed by atoms with Crippen molar-refractivity contribution in [2.75, 3.05) is 6.61 Å². The highest BCUT2D eigenvalue weighted by atomic mass is 16.7. The van der Waals surface area contributed by atoms with E-state index in [1.807, 2.05) is 19.9 Å². The second kappa shape index (κ2) is 9.14. The number of furan rings is 1. The minimum atomic E-state index is -1.31. The van der Waals surface area contributed by atoms with Crippen molar-refractivity contribution >= 4 is 23.7 Å². The summed E-state index contributed by atoms with van der Waals surface area (Å²) in [6.07, 6.45) is -2.32. The second-order valence-corrected chi connectivity index (χ2v) is 14.5. The van der Waals surface area contributed by atoms with Gasteiger partial charge in [0.2, 0.25) is 6.29 Å². The molecule has 7 rings (SSSR count). The van der Waals surface area contributed by atoms with Crippen LogP contribution in [0.1, 0.15) is 72.3 Å². The number of Topliss-reactive ketones (excluding diaryl/α,β-unsaturated/α-hetero) is 1. The van der Waals surface area contributed by atoms with Crippen LogP contribution in [0.15, 0.2) is 23.0 Å². The highest BCUT2D eigenvalue weighted by Crippen LogP contribution is 2.83. The number of rotatable bonds is 4. The van der Waals surface area contributed by atoms with E-state index in [4.69, 9.17) is 28.1 Å². The van der Waals surface area contributed by atoms with Crippen LogP contribution >= 0.6 is 0 Å². The fourth-order valence-electron chi connectivity index (χ4n) is 11.3. The Morgan fingerprint density at radius 1 is 0.909 bits per heavy atom. The Morgan fingerprint density at radius 2 is 1.59 bits per heavy atom. The first-order valence-corrected chi connectivity index (χ1v) is 15.3. The molecular formula is C32H40O12. The van der Waals surface area contributed by atoms with Crippen molar-refractivity contribution in [1.29, 1.82) is 0 Å². The summed E-state index contributed by atoms with van der Waals surface area (Å²) in [6, 6.07) is 1.83. The quantitative estimate of drug-likeness (QED) is 0.287. The van der Waals surface area contributed by atoms with Crippen LogP contribution in [0, 0.1) is 33.5 Å². The van der Waals surface area contributed by atoms with Gasteiger partial charge in [0.15, 0.2) is 11.9 Å². The molecule has 3 heterocycles. The second-order valence-electron chi connectivity index (χ2n) is 14.5. The number of epoxide rings is 1. The Hall–Kier alpha value is -2.80. The van der Waals surface area contributed by atoms with Gasteiger partial charge in [-0.2, -0.15) is 0 Å². The zero-order valence-electron chi connectivity index (χ0n) is 25.7. The third kappa shape index (κ3) is 3.22. The van der Waals surface area contributed by atoms with E-state index in [0.717, 1.165) is 5.56 Å². The van der Waals surface area contributed by atoms with Crippen LogP contribution in [-0.2, 0) is 42.9 Å². The maximum Gasteiger partial charge on any atom is 0.304 e. The first-order chi connectivity index (χ1) is 20.6. The number of hydrogen-bond donors (Lipinski definition) is 2. The molecule has 4 saturated carbocycles. The van der Waals surface area contributed by atoms with Crippen LogP contribution in [0.2, 0.25) is 0 Å². The standard InChI is InChI=1S/C32H40O12/c1-14(33)41-22-11-21(37)31-13-40-27(43-16(3)35)28(22,4)19(31)10-20(36)30(6)25(31)24(38)26(42-15(2)34)29(5)18(17-7-8-39-12-17)9-23-32(29,30)44-23/h7-8,12,18-23,25-27,36-37H,9-11,13H2,1-6H3/t18-,19-,20+,21-,22+,23+,25-,26?,27?,28+,29+,30+,31+,32+/m0/s1. The fraction of sp³-hybridized carbons (Fsp3) is 0.750. The molecule has 6 fully saturated rings. The molecule has 6 aliphatic rings. The van der Waals surface area contributed by atoms with E-state index < -0.39 is 93.5 Å². The molecule has 2 N–H and O–H groups in total. The lowest BCUT2D eigenvalue weighted by Crippen LogP contribution is -2.82. The lowest BCUT2D eigenvalue weighted by Gasteiger charge is -2.73. The van der Waals surface area contributed by atoms with Crippen molar-refractivity contribution in [1.82, 2.24) is 0 Å². The molecule has 0 radical (unpaired) electrons. The summed E-state index contributed by atoms with van der Waals surface area (Å²) in [5.74, 6) is -4.32. The van der Waals surface area contributed by atoms with Crippen molar-refractivity contribution in [2.45, 2.75) is 109 Å². The molecule has 0 amide bonds. The maximum absolute atomic E-state index is 15.2. The van der Waals surface area contributed by atoms with Crippen LogP contribution in [0.5, 0.6) is 0 Å². The fourth-order valence-corrected chi connectivity index (χ4v) is 11.3. The van der Waals surface area contributed by atoms with E-state index in [9.17, 15) is 24.6 Å². The van der Waals surface area contributed by atoms with Crippen LogP contribution in [0.3, 0.4) is 0 Å². The van der Waals surface area contributed by atoms with E-state index >= 15 is 4.79 Å². The summed E-state index contributed by atoms with van der Waals surface area (Å²) >= 11 is 0. The molecule has 2 saturated heterocycles. The summed E-state index contributed by atoms with van der Waals surface area (Å²) in [5, 5.41) is 24.5. The first kappa shape index (κ1) is 29.9. The van der Waals surface area contributed by atoms with Gasteiger partial charge >= 0.3 is 17.9 Å². The highest BCUT2D eigenvalue weighted by molar-refractivity contribution is 5.93. The molecule has 2 aliphatic heterocycles. The van der Waals surface area contributed by atoms with Crippen LogP contribution in [-0.4, -0.2) is 82.9 Å². The molecule has 1 aromatic rings. The molecule has 0 aromatic carbocycles. The van der Waals surface area contributed by atoms with Gasteiger partial charge < -0.3 is 38.3 Å². The van der Waals surface area contributed by atoms with Crippen LogP contribution < -0.4 is 0 Å². The highest BCUT2D eigenvalue weighted by Gasteiger charge is 2.92. The topological polar surface area (TPSA) is 171 Å². The number of esters is 3. The van der Waals surface area contributed by atoms with Gasteiger partial charge in [0, 0.05) is 49.9 Å². The van der Waals surface area contributed by atoms with Crippen molar-refractivity contribution in [3.8, 4) is 0 Å². The van der Waals surface area contributed by atoms with Gasteiger partial charge in [0.1, 0.15) is 11.7 Å². The SMILES string of the molecule is CC(=O)OC1OC[C@@]23[C@H]4C(=O)C(OC(C)=O)[C@@]5(C)[C@H](c6ccoc6)C[C@H]6O[C@]65[C@]4(C)[C@H](O)C[C@H]2[C@]1(C)[C@H](OC(C)=O)C[C@@H]3O. The summed E-state index contributed by atoms with van der Waals surface area (Å²) in [7, 11) is 0. The van der Waals surface area contributed by atoms with Crippen molar-refractivity contribution < 1.29 is 57.5 Å². The summed E-state index contributed by atoms with van der Waals surface area (Å²) in [6.45, 7) is 9.09. The smallest absolute Gasteiger partial charge is 0.304 e. The number of ketones is 1. The van der Waals surface area contributed by atoms with Gasteiger partial charge in [-0.3, -0.25) is 19.2 Å². The first-order valence-electron chi connectivity index (χ1n) is 15.3. The summed E-state index contributed by atoms with van der Waals surface area (Å²) < 4.78 is 35.6. The van der Waals surface area contributed by atoms with Crippen LogP contribution in [0.4, 0.5) is 0 Å². The molecule has 12 nitrogen and oxygen atoms in total. The van der Waals surface area contributed by atoms with E-state index in [2.05, 4.69) is 0 Å². The molecule has 2 bridgehead atoms. The number of aliphatic hydroxyl groups excluding tert-OH is 2. The van der Waals surface area contributed by atoms with Crippen molar-refractivity contribution in [3.63, 3.8) is 0 Å². The molecule has 14 atom stereocenters. The minimum Gasteiger partial charge on any atom is -0.472 e. The molecule has 2 unspecified atom stereocenters. The largest absolute Gasteiger partial charge is 0.472 e. The van der Waals surface area contributed by atoms with Gasteiger partial charge in [0.25, 0.3) is 0 Å². The number of carbonyl (C=O) groups is 4. The molecule has 4 aliphatic carbocycles. The molecule has 1 aromatic heterocycles. The lowest BCUT2D eigenvalue weighted by atomic mass is 9.33. The zero-order valence-corrected chi connectivity index (χ0v) is 25.7. The lowest BCUT2D eigenvalue weighted by molar-refractivity contribution is -0.374. The third-order valence-electron chi connectivity index (χ3n) is 12.8. The zero-order chi connectivity index (χ0) is 31.8. The third-order valence-corrected chi connectivity index (χ3v) is 12.8. The summed E-state index contributed by atoms with van der Waals surface area (Å²) in [4.78, 5) is 52.3. The number of carbonyl (C=O) groups excluding carboxylic acids is 4. The monoisotopic (exact) mass is 616 g/mol. The van der Waals surface area contributed by atoms with Crippen molar-refractivity contribution in [2.24, 2.45) is 33.5 Å². The Morgan fingerprint density at radius 3 is 2.20 bits per heavy atom.